The van der Waals surface area contributed by atoms with Crippen LogP contribution in [0.15, 0.2) is 23.1 Å². The monoisotopic (exact) mass is 272 g/mol. The van der Waals surface area contributed by atoms with Gasteiger partial charge in [0, 0.05) is 4.90 Å². The van der Waals surface area contributed by atoms with Crippen LogP contribution in [0.2, 0.25) is 0 Å². The summed E-state index contributed by atoms with van der Waals surface area (Å²) in [7, 11) is 0. The molecule has 92 valence electrons. The minimum absolute atomic E-state index is 0.173. The molecule has 0 bridgehead atoms. The number of hydrogen-bond donors (Lipinski definition) is 1. The Morgan fingerprint density at radius 1 is 1.47 bits per heavy atom. The van der Waals surface area contributed by atoms with E-state index in [1.807, 2.05) is 0 Å². The first-order chi connectivity index (χ1) is 7.97. The molecule has 1 unspecified atom stereocenters. The van der Waals surface area contributed by atoms with Crippen LogP contribution in [-0.4, -0.2) is 18.4 Å². The summed E-state index contributed by atoms with van der Waals surface area (Å²) in [5, 5.41) is -0.753. The molecule has 5 heteroatoms. The number of Topliss-reactive ketones (excluding diaryl/α,β-unsaturated/α-hetero) is 1. The number of thiol groups is 1. The summed E-state index contributed by atoms with van der Waals surface area (Å²) in [6, 6.07) is 4.84. The molecule has 0 aliphatic rings. The van der Waals surface area contributed by atoms with Gasteiger partial charge in [-0.2, -0.15) is 0 Å². The fourth-order valence-corrected chi connectivity index (χ4v) is 1.68. The Bertz CT molecular complexity index is 445. The molecule has 17 heavy (non-hydrogen) atoms. The summed E-state index contributed by atoms with van der Waals surface area (Å²) in [5.74, 6) is -0.639. The molecular formula is C12H13ClO3S. The highest BCUT2D eigenvalue weighted by Gasteiger charge is 2.17. The largest absolute Gasteiger partial charge is 0.462 e. The predicted octanol–water partition coefficient (Wildman–Crippen LogP) is 3.02. The van der Waals surface area contributed by atoms with Crippen LogP contribution in [0.25, 0.3) is 0 Å². The van der Waals surface area contributed by atoms with Gasteiger partial charge >= 0.3 is 5.97 Å². The first-order valence-corrected chi connectivity index (χ1v) is 6.00. The second kappa shape index (κ2) is 6.07. The molecule has 0 saturated heterocycles. The number of ketones is 1. The van der Waals surface area contributed by atoms with Crippen LogP contribution in [-0.2, 0) is 9.53 Å². The van der Waals surface area contributed by atoms with Crippen molar-refractivity contribution in [2.45, 2.75) is 24.1 Å². The van der Waals surface area contributed by atoms with Crippen molar-refractivity contribution >= 4 is 36.0 Å². The summed E-state index contributed by atoms with van der Waals surface area (Å²) in [6.45, 7) is 3.41. The highest BCUT2D eigenvalue weighted by Crippen LogP contribution is 2.25. The summed E-state index contributed by atoms with van der Waals surface area (Å²) < 4.78 is 4.89. The van der Waals surface area contributed by atoms with E-state index in [1.54, 1.807) is 25.1 Å². The normalized spacial score (nSPS) is 12.0. The molecule has 3 nitrogen and oxygen atoms in total. The molecule has 1 aromatic carbocycles. The lowest BCUT2D eigenvalue weighted by Crippen LogP contribution is -2.08. The highest BCUT2D eigenvalue weighted by atomic mass is 35.5. The standard InChI is InChI=1S/C12H13ClO3S/c1-3-16-12(15)9-6-8(4-5-10(9)17)11(13)7(2)14/h4-6,11,17H,3H2,1-2H3. The molecule has 1 rings (SSSR count). The lowest BCUT2D eigenvalue weighted by molar-refractivity contribution is -0.116. The number of esters is 1. The van der Waals surface area contributed by atoms with E-state index in [2.05, 4.69) is 12.6 Å². The summed E-state index contributed by atoms with van der Waals surface area (Å²) in [4.78, 5) is 23.3. The van der Waals surface area contributed by atoms with Crippen LogP contribution >= 0.6 is 24.2 Å². The van der Waals surface area contributed by atoms with E-state index in [0.29, 0.717) is 16.0 Å². The number of hydrogen-bond acceptors (Lipinski definition) is 4. The molecule has 0 amide bonds. The molecule has 1 atom stereocenters. The Balaban J connectivity index is 3.10. The fraction of sp³-hybridized carbons (Fsp3) is 0.333. The second-order valence-corrected chi connectivity index (χ2v) is 4.39. The number of benzene rings is 1. The van der Waals surface area contributed by atoms with Gasteiger partial charge in [-0.05, 0) is 31.5 Å². The van der Waals surface area contributed by atoms with Gasteiger partial charge in [0.05, 0.1) is 12.2 Å². The number of carbonyl (C=O) groups is 2. The maximum atomic E-state index is 11.6. The Hall–Kier alpha value is -1.00. The fourth-order valence-electron chi connectivity index (χ4n) is 1.32. The van der Waals surface area contributed by atoms with Crippen LogP contribution < -0.4 is 0 Å². The molecule has 0 aliphatic heterocycles. The topological polar surface area (TPSA) is 43.4 Å². The van der Waals surface area contributed by atoms with Gasteiger partial charge in [-0.3, -0.25) is 4.79 Å². The average Bonchev–Trinajstić information content (AvgIpc) is 2.28. The molecule has 0 spiro atoms. The van der Waals surface area contributed by atoms with Crippen molar-refractivity contribution in [2.24, 2.45) is 0 Å². The van der Waals surface area contributed by atoms with Crippen LogP contribution in [0.4, 0.5) is 0 Å². The zero-order valence-corrected chi connectivity index (χ0v) is 11.2. The van der Waals surface area contributed by atoms with Crippen molar-refractivity contribution in [1.82, 2.24) is 0 Å². The van der Waals surface area contributed by atoms with Gasteiger partial charge in [-0.25, -0.2) is 4.79 Å². The summed E-state index contributed by atoms with van der Waals surface area (Å²) >= 11 is 10.1. The van der Waals surface area contributed by atoms with Crippen molar-refractivity contribution in [3.63, 3.8) is 0 Å². The molecular weight excluding hydrogens is 260 g/mol. The van der Waals surface area contributed by atoms with Gasteiger partial charge < -0.3 is 4.74 Å². The number of halogens is 1. The number of rotatable bonds is 4. The first kappa shape index (κ1) is 14.1. The molecule has 0 heterocycles. The van der Waals surface area contributed by atoms with Gasteiger partial charge in [0.15, 0.2) is 5.78 Å². The lowest BCUT2D eigenvalue weighted by atomic mass is 10.1. The molecule has 0 fully saturated rings. The van der Waals surface area contributed by atoms with E-state index in [9.17, 15) is 9.59 Å². The third-order valence-corrected chi connectivity index (χ3v) is 3.11. The van der Waals surface area contributed by atoms with E-state index < -0.39 is 11.3 Å². The number of alkyl halides is 1. The van der Waals surface area contributed by atoms with Crippen molar-refractivity contribution in [3.8, 4) is 0 Å². The molecule has 0 radical (unpaired) electrons. The van der Waals surface area contributed by atoms with Crippen molar-refractivity contribution in [3.05, 3.63) is 29.3 Å². The van der Waals surface area contributed by atoms with E-state index in [0.717, 1.165) is 0 Å². The third kappa shape index (κ3) is 3.48. The SMILES string of the molecule is CCOC(=O)c1cc(C(Cl)C(C)=O)ccc1S. The Morgan fingerprint density at radius 2 is 2.12 bits per heavy atom. The Kier molecular flexibility index (Phi) is 5.02. The third-order valence-electron chi connectivity index (χ3n) is 2.17. The first-order valence-electron chi connectivity index (χ1n) is 5.12. The van der Waals surface area contributed by atoms with Gasteiger partial charge in [0.1, 0.15) is 5.38 Å². The van der Waals surface area contributed by atoms with E-state index in [1.165, 1.54) is 6.92 Å². The zero-order valence-electron chi connectivity index (χ0n) is 9.57. The maximum absolute atomic E-state index is 11.6. The quantitative estimate of drug-likeness (QED) is 0.520. The zero-order chi connectivity index (χ0) is 13.0. The van der Waals surface area contributed by atoms with Crippen molar-refractivity contribution in [1.29, 1.82) is 0 Å². The van der Waals surface area contributed by atoms with Crippen molar-refractivity contribution < 1.29 is 14.3 Å². The van der Waals surface area contributed by atoms with Crippen LogP contribution in [0.3, 0.4) is 0 Å². The van der Waals surface area contributed by atoms with Gasteiger partial charge in [0.2, 0.25) is 0 Å². The highest BCUT2D eigenvalue weighted by molar-refractivity contribution is 7.80. The summed E-state index contributed by atoms with van der Waals surface area (Å²) in [6.07, 6.45) is 0. The molecule has 0 saturated carbocycles. The average molecular weight is 273 g/mol. The molecule has 0 aliphatic carbocycles. The Morgan fingerprint density at radius 3 is 2.65 bits per heavy atom. The van der Waals surface area contributed by atoms with Crippen molar-refractivity contribution in [2.75, 3.05) is 6.61 Å². The van der Waals surface area contributed by atoms with Gasteiger partial charge in [0.25, 0.3) is 0 Å². The predicted molar refractivity (Wildman–Crippen MR) is 68.9 cm³/mol. The molecule has 0 N–H and O–H groups in total. The Labute approximate surface area is 111 Å². The van der Waals surface area contributed by atoms with Crippen LogP contribution in [0.1, 0.15) is 35.1 Å². The number of ether oxygens (including phenoxy) is 1. The van der Waals surface area contributed by atoms with E-state index >= 15 is 0 Å². The van der Waals surface area contributed by atoms with E-state index in [4.69, 9.17) is 16.3 Å². The summed E-state index contributed by atoms with van der Waals surface area (Å²) in [5.41, 5.74) is 0.889. The maximum Gasteiger partial charge on any atom is 0.339 e. The van der Waals surface area contributed by atoms with Crippen LogP contribution in [0.5, 0.6) is 0 Å². The van der Waals surface area contributed by atoms with Gasteiger partial charge in [-0.1, -0.05) is 6.07 Å². The smallest absolute Gasteiger partial charge is 0.339 e. The number of carbonyl (C=O) groups excluding carboxylic acids is 2. The van der Waals surface area contributed by atoms with E-state index in [-0.39, 0.29) is 12.4 Å². The minimum Gasteiger partial charge on any atom is -0.462 e. The lowest BCUT2D eigenvalue weighted by Gasteiger charge is -2.10. The van der Waals surface area contributed by atoms with Gasteiger partial charge in [-0.15, -0.1) is 24.2 Å². The molecule has 0 aromatic heterocycles. The minimum atomic E-state index is -0.753. The molecule has 1 aromatic rings. The van der Waals surface area contributed by atoms with Crippen LogP contribution in [0, 0.1) is 0 Å². The second-order valence-electron chi connectivity index (χ2n) is 3.47.